The smallest absolute Gasteiger partial charge is 0.408 e. The summed E-state index contributed by atoms with van der Waals surface area (Å²) in [6.07, 6.45) is 0.0137. The molecule has 0 unspecified atom stereocenters. The summed E-state index contributed by atoms with van der Waals surface area (Å²) in [5, 5.41) is 9.52. The van der Waals surface area contributed by atoms with E-state index in [0.717, 1.165) is 12.0 Å². The van der Waals surface area contributed by atoms with E-state index in [1.165, 1.54) is 27.2 Å². The Morgan fingerprint density at radius 1 is 1.09 bits per heavy atom. The van der Waals surface area contributed by atoms with E-state index in [1.54, 1.807) is 0 Å². The second kappa shape index (κ2) is 5.16. The van der Waals surface area contributed by atoms with Crippen molar-refractivity contribution in [2.24, 2.45) is 0 Å². The summed E-state index contributed by atoms with van der Waals surface area (Å²) in [6.45, 7) is 6.22. The predicted molar refractivity (Wildman–Crippen MR) is 88.0 cm³/mol. The van der Waals surface area contributed by atoms with Gasteiger partial charge < -0.3 is 5.11 Å². The van der Waals surface area contributed by atoms with Crippen LogP contribution < -0.4 is 0 Å². The maximum atomic E-state index is 11.6. The summed E-state index contributed by atoms with van der Waals surface area (Å²) in [4.78, 5) is 13.1. The van der Waals surface area contributed by atoms with Crippen LogP contribution in [0.5, 0.6) is 0 Å². The Hall–Kier alpha value is -2.29. The van der Waals surface area contributed by atoms with Crippen LogP contribution in [0.2, 0.25) is 0 Å². The molecule has 0 aliphatic heterocycles. The fourth-order valence-corrected chi connectivity index (χ4v) is 3.13. The molecule has 2 aromatic carbocycles. The average molecular weight is 295 g/mol. The summed E-state index contributed by atoms with van der Waals surface area (Å²) >= 11 is 0. The van der Waals surface area contributed by atoms with Gasteiger partial charge in [-0.05, 0) is 55.0 Å². The molecule has 1 aliphatic carbocycles. The Balaban J connectivity index is 2.00. The number of fused-ring (bicyclic) bond motifs is 3. The minimum absolute atomic E-state index is 0.417. The van der Waals surface area contributed by atoms with Crippen molar-refractivity contribution >= 4 is 6.09 Å². The van der Waals surface area contributed by atoms with Crippen LogP contribution in [0, 0.1) is 0 Å². The zero-order chi connectivity index (χ0) is 15.9. The van der Waals surface area contributed by atoms with Gasteiger partial charge in [-0.2, -0.15) is 0 Å². The predicted octanol–water partition coefficient (Wildman–Crippen LogP) is 4.54. The molecule has 0 saturated heterocycles. The van der Waals surface area contributed by atoms with Crippen molar-refractivity contribution in [1.29, 1.82) is 0 Å². The molecule has 0 radical (unpaired) electrons. The second-order valence-electron chi connectivity index (χ2n) is 6.82. The van der Waals surface area contributed by atoms with Crippen LogP contribution in [0.4, 0.5) is 4.79 Å². The molecule has 0 bridgehead atoms. The first-order valence-electron chi connectivity index (χ1n) is 7.57. The average Bonchev–Trinajstić information content (AvgIpc) is 2.82. The van der Waals surface area contributed by atoms with Gasteiger partial charge in [0.2, 0.25) is 0 Å². The summed E-state index contributed by atoms with van der Waals surface area (Å²) < 4.78 is 0. The van der Waals surface area contributed by atoms with Gasteiger partial charge in [0.1, 0.15) is 0 Å². The van der Waals surface area contributed by atoms with Gasteiger partial charge in [0.25, 0.3) is 0 Å². The van der Waals surface area contributed by atoms with Crippen molar-refractivity contribution in [3.05, 3.63) is 59.2 Å². The first-order chi connectivity index (χ1) is 10.4. The van der Waals surface area contributed by atoms with E-state index in [9.17, 15) is 9.90 Å². The summed E-state index contributed by atoms with van der Waals surface area (Å²) in [5.74, 6) is 0. The Morgan fingerprint density at radius 3 is 2.45 bits per heavy atom. The normalized spacial score (nSPS) is 12.7. The van der Waals surface area contributed by atoms with Gasteiger partial charge >= 0.3 is 6.09 Å². The number of benzene rings is 2. The summed E-state index contributed by atoms with van der Waals surface area (Å²) in [7, 11) is 0. The van der Waals surface area contributed by atoms with Crippen LogP contribution in [0.3, 0.4) is 0 Å². The van der Waals surface area contributed by atoms with Crippen molar-refractivity contribution in [2.45, 2.75) is 39.3 Å². The van der Waals surface area contributed by atoms with Crippen LogP contribution in [0.1, 0.15) is 37.5 Å². The number of hydrogen-bond donors (Lipinski definition) is 1. The highest BCUT2D eigenvalue weighted by molar-refractivity contribution is 5.78. The van der Waals surface area contributed by atoms with Gasteiger partial charge in [-0.25, -0.2) is 4.79 Å². The van der Waals surface area contributed by atoms with E-state index in [-0.39, 0.29) is 0 Å². The number of nitrogens with zero attached hydrogens (tertiary/aromatic N) is 1. The molecule has 3 rings (SSSR count). The molecule has 22 heavy (non-hydrogen) atoms. The summed E-state index contributed by atoms with van der Waals surface area (Å²) in [6, 6.07) is 14.6. The van der Waals surface area contributed by atoms with Crippen LogP contribution in [0.15, 0.2) is 42.5 Å². The molecule has 2 aromatic rings. The number of carboxylic acid groups (broad SMARTS) is 1. The first-order valence-corrected chi connectivity index (χ1v) is 7.57. The van der Waals surface area contributed by atoms with Crippen molar-refractivity contribution in [1.82, 2.24) is 4.90 Å². The second-order valence-corrected chi connectivity index (χ2v) is 6.82. The first kappa shape index (κ1) is 14.6. The lowest BCUT2D eigenvalue weighted by Gasteiger charge is -2.33. The molecule has 114 valence electrons. The quantitative estimate of drug-likeness (QED) is 0.754. The Morgan fingerprint density at radius 2 is 1.77 bits per heavy atom. The summed E-state index contributed by atoms with van der Waals surface area (Å²) in [5.41, 5.74) is 5.79. The lowest BCUT2D eigenvalue weighted by atomic mass is 9.99. The largest absolute Gasteiger partial charge is 0.465 e. The van der Waals surface area contributed by atoms with Gasteiger partial charge in [-0.1, -0.05) is 42.5 Å². The fourth-order valence-electron chi connectivity index (χ4n) is 3.13. The molecule has 0 aromatic heterocycles. The molecule has 0 atom stereocenters. The minimum atomic E-state index is -0.874. The number of rotatable bonds is 2. The van der Waals surface area contributed by atoms with Crippen molar-refractivity contribution < 1.29 is 9.90 Å². The molecule has 0 fully saturated rings. The third-order valence-electron chi connectivity index (χ3n) is 4.32. The highest BCUT2D eigenvalue weighted by atomic mass is 16.4. The molecule has 0 heterocycles. The maximum Gasteiger partial charge on any atom is 0.408 e. The lowest BCUT2D eigenvalue weighted by molar-refractivity contribution is 0.0954. The van der Waals surface area contributed by atoms with Gasteiger partial charge in [0.15, 0.2) is 0 Å². The Kier molecular flexibility index (Phi) is 3.44. The fraction of sp³-hybridized carbons (Fsp3) is 0.316. The number of amides is 1. The van der Waals surface area contributed by atoms with E-state index in [2.05, 4.69) is 30.3 Å². The van der Waals surface area contributed by atoms with Crippen LogP contribution in [-0.4, -0.2) is 21.6 Å². The monoisotopic (exact) mass is 295 g/mol. The van der Waals surface area contributed by atoms with Crippen molar-refractivity contribution in [3.8, 4) is 11.1 Å². The zero-order valence-corrected chi connectivity index (χ0v) is 13.3. The van der Waals surface area contributed by atoms with Gasteiger partial charge in [-0.15, -0.1) is 0 Å². The van der Waals surface area contributed by atoms with Crippen LogP contribution in [0.25, 0.3) is 11.1 Å². The van der Waals surface area contributed by atoms with E-state index >= 15 is 0 Å². The topological polar surface area (TPSA) is 40.5 Å². The number of hydrogen-bond acceptors (Lipinski definition) is 1. The molecule has 1 amide bonds. The molecule has 0 spiro atoms. The zero-order valence-electron chi connectivity index (χ0n) is 13.3. The van der Waals surface area contributed by atoms with E-state index in [1.807, 2.05) is 32.9 Å². The molecular weight excluding hydrogens is 274 g/mol. The van der Waals surface area contributed by atoms with E-state index in [0.29, 0.717) is 6.54 Å². The highest BCUT2D eigenvalue weighted by Gasteiger charge is 2.28. The van der Waals surface area contributed by atoms with Gasteiger partial charge in [-0.3, -0.25) is 4.90 Å². The molecule has 0 saturated carbocycles. The van der Waals surface area contributed by atoms with Gasteiger partial charge in [0, 0.05) is 12.1 Å². The van der Waals surface area contributed by atoms with Crippen LogP contribution in [-0.2, 0) is 13.0 Å². The third-order valence-corrected chi connectivity index (χ3v) is 4.32. The van der Waals surface area contributed by atoms with Crippen molar-refractivity contribution in [2.75, 3.05) is 0 Å². The maximum absolute atomic E-state index is 11.6. The number of carbonyl (C=O) groups is 1. The van der Waals surface area contributed by atoms with E-state index < -0.39 is 11.6 Å². The lowest BCUT2D eigenvalue weighted by Crippen LogP contribution is -2.44. The Labute approximate surface area is 131 Å². The standard InChI is InChI=1S/C19H21NO2/c1-19(2,3)20(18(21)22)12-14-8-6-10-16-15-9-5-4-7-13(15)11-17(14)16/h4-10H,11-12H2,1-3H3,(H,21,22). The van der Waals surface area contributed by atoms with Crippen LogP contribution >= 0.6 is 0 Å². The van der Waals surface area contributed by atoms with Gasteiger partial charge in [0.05, 0.1) is 0 Å². The van der Waals surface area contributed by atoms with E-state index in [4.69, 9.17) is 0 Å². The SMILES string of the molecule is CC(C)(C)N(Cc1cccc2c1Cc1ccccc1-2)C(=O)O. The molecule has 1 aliphatic rings. The minimum Gasteiger partial charge on any atom is -0.465 e. The molecular formula is C19H21NO2. The third kappa shape index (κ3) is 2.47. The molecule has 3 nitrogen and oxygen atoms in total. The highest BCUT2D eigenvalue weighted by Crippen LogP contribution is 2.38. The van der Waals surface area contributed by atoms with Crippen molar-refractivity contribution in [3.63, 3.8) is 0 Å². The Bertz CT molecular complexity index is 728. The molecule has 3 heteroatoms. The molecule has 1 N–H and O–H groups in total.